The van der Waals surface area contributed by atoms with Gasteiger partial charge in [-0.2, -0.15) is 0 Å². The highest BCUT2D eigenvalue weighted by atomic mass is 32.2. The van der Waals surface area contributed by atoms with Gasteiger partial charge in [-0.1, -0.05) is 24.2 Å². The molecule has 0 saturated carbocycles. The lowest BCUT2D eigenvalue weighted by Crippen LogP contribution is -2.43. The number of rotatable bonds is 7. The molecule has 0 aliphatic carbocycles. The molecule has 3 rings (SSSR count). The van der Waals surface area contributed by atoms with Crippen molar-refractivity contribution >= 4 is 33.7 Å². The number of amides is 1. The van der Waals surface area contributed by atoms with Gasteiger partial charge in [0.05, 0.1) is 18.6 Å². The van der Waals surface area contributed by atoms with Crippen molar-refractivity contribution in [2.75, 3.05) is 30.4 Å². The highest BCUT2D eigenvalue weighted by molar-refractivity contribution is 7.99. The Bertz CT molecular complexity index is 912. The summed E-state index contributed by atoms with van der Waals surface area (Å²) in [5, 5.41) is 10.5. The molecule has 0 bridgehead atoms. The van der Waals surface area contributed by atoms with Crippen molar-refractivity contribution in [2.45, 2.75) is 31.1 Å². The molecule has 0 radical (unpaired) electrons. The van der Waals surface area contributed by atoms with Crippen LogP contribution in [0.1, 0.15) is 31.2 Å². The summed E-state index contributed by atoms with van der Waals surface area (Å²) < 4.78 is 30.3. The van der Waals surface area contributed by atoms with Crippen molar-refractivity contribution in [3.05, 3.63) is 35.7 Å². The second-order valence-corrected chi connectivity index (χ2v) is 10.0. The van der Waals surface area contributed by atoms with E-state index in [1.54, 1.807) is 11.8 Å². The first-order valence-corrected chi connectivity index (χ1v) is 12.0. The second-order valence-electron chi connectivity index (χ2n) is 6.70. The molecule has 0 spiro atoms. The molecule has 1 saturated heterocycles. The Labute approximate surface area is 169 Å². The van der Waals surface area contributed by atoms with Gasteiger partial charge in [0.2, 0.25) is 21.8 Å². The minimum Gasteiger partial charge on any atom is -0.407 e. The molecule has 2 heterocycles. The molecule has 1 aromatic carbocycles. The summed E-state index contributed by atoms with van der Waals surface area (Å²) in [6.45, 7) is 2.73. The maximum atomic E-state index is 12.4. The van der Waals surface area contributed by atoms with E-state index >= 15 is 0 Å². The Morgan fingerprint density at radius 1 is 1.32 bits per heavy atom. The predicted molar refractivity (Wildman–Crippen MR) is 108 cm³/mol. The number of nitrogens with one attached hydrogen (secondary N) is 1. The van der Waals surface area contributed by atoms with Gasteiger partial charge in [0.15, 0.2) is 0 Å². The van der Waals surface area contributed by atoms with Crippen molar-refractivity contribution in [1.29, 1.82) is 0 Å². The number of nitrogens with zero attached hydrogens (tertiary/aromatic N) is 3. The molecule has 152 valence electrons. The summed E-state index contributed by atoms with van der Waals surface area (Å²) in [6, 6.07) is 8.18. The number of benzene rings is 1. The standard InChI is InChI=1S/C18H24N4O4S2/c1-3-27-15-8-6-13(7-9-15)11-16-20-21-18(26-16)19-17(23)14-5-4-10-22(12-14)28(2,24)25/h6-9,14H,3-5,10-12H2,1-2H3,(H,19,21,23). The van der Waals surface area contributed by atoms with Crippen LogP contribution in [0, 0.1) is 5.92 Å². The van der Waals surface area contributed by atoms with E-state index in [4.69, 9.17) is 4.42 Å². The monoisotopic (exact) mass is 424 g/mol. The Balaban J connectivity index is 1.57. The average Bonchev–Trinajstić information content (AvgIpc) is 3.10. The highest BCUT2D eigenvalue weighted by Crippen LogP contribution is 2.21. The SMILES string of the molecule is CCSc1ccc(Cc2nnc(NC(=O)C3CCCN(S(C)(=O)=O)C3)o2)cc1. The summed E-state index contributed by atoms with van der Waals surface area (Å²) in [5.41, 5.74) is 1.04. The topological polar surface area (TPSA) is 105 Å². The summed E-state index contributed by atoms with van der Waals surface area (Å²) in [5.74, 6) is 0.703. The van der Waals surface area contributed by atoms with E-state index < -0.39 is 15.9 Å². The number of hydrogen-bond donors (Lipinski definition) is 1. The quantitative estimate of drug-likeness (QED) is 0.680. The van der Waals surface area contributed by atoms with Crippen LogP contribution in [0.4, 0.5) is 6.01 Å². The third-order valence-corrected chi connectivity index (χ3v) is 6.67. The van der Waals surface area contributed by atoms with Gasteiger partial charge in [-0.15, -0.1) is 16.9 Å². The molecule has 1 atom stereocenters. The molecule has 28 heavy (non-hydrogen) atoms. The third-order valence-electron chi connectivity index (χ3n) is 4.51. The molecule has 10 heteroatoms. The van der Waals surface area contributed by atoms with Gasteiger partial charge in [0.1, 0.15) is 0 Å². The number of aromatic nitrogens is 2. The third kappa shape index (κ3) is 5.55. The van der Waals surface area contributed by atoms with Crippen LogP contribution in [0.5, 0.6) is 0 Å². The first kappa shape index (κ1) is 20.8. The van der Waals surface area contributed by atoms with Crippen molar-refractivity contribution in [3.8, 4) is 0 Å². The fraction of sp³-hybridized carbons (Fsp3) is 0.500. The van der Waals surface area contributed by atoms with Gasteiger partial charge in [0.25, 0.3) is 0 Å². The molecule has 1 unspecified atom stereocenters. The zero-order valence-corrected chi connectivity index (χ0v) is 17.6. The molecule has 1 fully saturated rings. The van der Waals surface area contributed by atoms with Crippen LogP contribution in [-0.2, 0) is 21.2 Å². The summed E-state index contributed by atoms with van der Waals surface area (Å²) in [7, 11) is -3.30. The summed E-state index contributed by atoms with van der Waals surface area (Å²) >= 11 is 1.78. The zero-order valence-electron chi connectivity index (χ0n) is 15.9. The van der Waals surface area contributed by atoms with Gasteiger partial charge >= 0.3 is 6.01 Å². The lowest BCUT2D eigenvalue weighted by atomic mass is 9.99. The van der Waals surface area contributed by atoms with Crippen molar-refractivity contribution in [2.24, 2.45) is 5.92 Å². The van der Waals surface area contributed by atoms with Crippen molar-refractivity contribution < 1.29 is 17.6 Å². The van der Waals surface area contributed by atoms with Gasteiger partial charge in [-0.05, 0) is 36.3 Å². The number of carbonyl (C=O) groups excluding carboxylic acids is 1. The lowest BCUT2D eigenvalue weighted by Gasteiger charge is -2.29. The minimum atomic E-state index is -3.30. The van der Waals surface area contributed by atoms with Gasteiger partial charge in [-0.3, -0.25) is 10.1 Å². The maximum absolute atomic E-state index is 12.4. The fourth-order valence-corrected chi connectivity index (χ4v) is 4.66. The van der Waals surface area contributed by atoms with E-state index in [0.717, 1.165) is 17.6 Å². The molecule has 1 aliphatic rings. The van der Waals surface area contributed by atoms with Gasteiger partial charge in [0, 0.05) is 18.0 Å². The number of anilines is 1. The molecule has 1 N–H and O–H groups in total. The van der Waals surface area contributed by atoms with E-state index in [0.29, 0.717) is 31.7 Å². The van der Waals surface area contributed by atoms with Crippen LogP contribution in [0.15, 0.2) is 33.6 Å². The fourth-order valence-electron chi connectivity index (χ4n) is 3.09. The smallest absolute Gasteiger partial charge is 0.322 e. The van der Waals surface area contributed by atoms with E-state index in [1.165, 1.54) is 9.20 Å². The van der Waals surface area contributed by atoms with Crippen LogP contribution in [0.2, 0.25) is 0 Å². The molecule has 1 aliphatic heterocycles. The summed E-state index contributed by atoms with van der Waals surface area (Å²) in [6.07, 6.45) is 2.91. The predicted octanol–water partition coefficient (Wildman–Crippen LogP) is 2.38. The average molecular weight is 425 g/mol. The van der Waals surface area contributed by atoms with Crippen LogP contribution in [0.3, 0.4) is 0 Å². The Hall–Kier alpha value is -1.91. The Kier molecular flexibility index (Phi) is 6.73. The van der Waals surface area contributed by atoms with Crippen molar-refractivity contribution in [3.63, 3.8) is 0 Å². The van der Waals surface area contributed by atoms with Crippen LogP contribution in [0.25, 0.3) is 0 Å². The Morgan fingerprint density at radius 2 is 2.07 bits per heavy atom. The molecule has 2 aromatic rings. The minimum absolute atomic E-state index is 0.0367. The first-order chi connectivity index (χ1) is 13.3. The number of carbonyl (C=O) groups is 1. The lowest BCUT2D eigenvalue weighted by molar-refractivity contribution is -0.121. The Morgan fingerprint density at radius 3 is 2.75 bits per heavy atom. The maximum Gasteiger partial charge on any atom is 0.322 e. The molecule has 1 amide bonds. The van der Waals surface area contributed by atoms with E-state index in [2.05, 4.69) is 34.6 Å². The molecule has 1 aromatic heterocycles. The normalized spacial score (nSPS) is 18.1. The van der Waals surface area contributed by atoms with Gasteiger partial charge in [-0.25, -0.2) is 12.7 Å². The highest BCUT2D eigenvalue weighted by Gasteiger charge is 2.30. The van der Waals surface area contributed by atoms with Crippen LogP contribution < -0.4 is 5.32 Å². The number of piperidine rings is 1. The summed E-state index contributed by atoms with van der Waals surface area (Å²) in [4.78, 5) is 13.7. The van der Waals surface area contributed by atoms with E-state index in [-0.39, 0.29) is 18.5 Å². The molecular weight excluding hydrogens is 400 g/mol. The van der Waals surface area contributed by atoms with Crippen LogP contribution in [-0.4, -0.2) is 53.9 Å². The van der Waals surface area contributed by atoms with Gasteiger partial charge < -0.3 is 4.42 Å². The number of sulfonamides is 1. The van der Waals surface area contributed by atoms with E-state index in [1.807, 2.05) is 12.1 Å². The molecular formula is C18H24N4O4S2. The first-order valence-electron chi connectivity index (χ1n) is 9.15. The second kappa shape index (κ2) is 9.06. The van der Waals surface area contributed by atoms with Crippen molar-refractivity contribution in [1.82, 2.24) is 14.5 Å². The number of hydrogen-bond acceptors (Lipinski definition) is 7. The largest absolute Gasteiger partial charge is 0.407 e. The van der Waals surface area contributed by atoms with Crippen LogP contribution >= 0.6 is 11.8 Å². The zero-order chi connectivity index (χ0) is 20.1. The van der Waals surface area contributed by atoms with E-state index in [9.17, 15) is 13.2 Å². The molecule has 8 nitrogen and oxygen atoms in total. The number of thioether (sulfide) groups is 1.